The third kappa shape index (κ3) is 3.77. The molecule has 4 nitrogen and oxygen atoms in total. The van der Waals surface area contributed by atoms with Crippen LogP contribution in [-0.2, 0) is 0 Å². The van der Waals surface area contributed by atoms with Gasteiger partial charge in [-0.3, -0.25) is 9.88 Å². The molecule has 17 heavy (non-hydrogen) atoms. The van der Waals surface area contributed by atoms with E-state index in [0.717, 1.165) is 5.56 Å². The van der Waals surface area contributed by atoms with E-state index in [1.54, 1.807) is 6.20 Å². The molecule has 3 N–H and O–H groups in total. The smallest absolute Gasteiger partial charge is 0.0558 e. The number of rotatable bonds is 6. The SMILES string of the molecule is CC(N)C(c1cccnc1)N(CCO)C(C)C. The van der Waals surface area contributed by atoms with Crippen LogP contribution in [0.3, 0.4) is 0 Å². The van der Waals surface area contributed by atoms with Gasteiger partial charge in [-0.1, -0.05) is 6.07 Å². The summed E-state index contributed by atoms with van der Waals surface area (Å²) in [5, 5.41) is 9.17. The summed E-state index contributed by atoms with van der Waals surface area (Å²) in [5.74, 6) is 0. The van der Waals surface area contributed by atoms with Crippen molar-refractivity contribution in [3.05, 3.63) is 30.1 Å². The van der Waals surface area contributed by atoms with Crippen LogP contribution in [0.4, 0.5) is 0 Å². The van der Waals surface area contributed by atoms with Gasteiger partial charge in [0, 0.05) is 31.0 Å². The van der Waals surface area contributed by atoms with Gasteiger partial charge in [0.2, 0.25) is 0 Å². The van der Waals surface area contributed by atoms with Gasteiger partial charge in [0.25, 0.3) is 0 Å². The number of hydrogen-bond acceptors (Lipinski definition) is 4. The zero-order chi connectivity index (χ0) is 12.8. The molecule has 0 aliphatic carbocycles. The van der Waals surface area contributed by atoms with Crippen molar-refractivity contribution in [1.29, 1.82) is 0 Å². The molecule has 0 aromatic carbocycles. The number of hydrogen-bond donors (Lipinski definition) is 2. The number of aliphatic hydroxyl groups is 1. The molecule has 0 bridgehead atoms. The molecule has 2 unspecified atom stereocenters. The van der Waals surface area contributed by atoms with E-state index in [1.807, 2.05) is 25.3 Å². The molecule has 1 aromatic rings. The summed E-state index contributed by atoms with van der Waals surface area (Å²) in [4.78, 5) is 6.36. The van der Waals surface area contributed by atoms with Crippen LogP contribution in [-0.4, -0.2) is 40.2 Å². The molecule has 0 amide bonds. The molecule has 0 spiro atoms. The summed E-state index contributed by atoms with van der Waals surface area (Å²) in [6.45, 7) is 6.98. The summed E-state index contributed by atoms with van der Waals surface area (Å²) in [6.07, 6.45) is 3.61. The van der Waals surface area contributed by atoms with E-state index in [4.69, 9.17) is 10.8 Å². The van der Waals surface area contributed by atoms with Gasteiger partial charge in [0.1, 0.15) is 0 Å². The highest BCUT2D eigenvalue weighted by atomic mass is 16.3. The Morgan fingerprint density at radius 2 is 2.12 bits per heavy atom. The van der Waals surface area contributed by atoms with Crippen LogP contribution in [0.5, 0.6) is 0 Å². The molecular weight excluding hydrogens is 214 g/mol. The van der Waals surface area contributed by atoms with Gasteiger partial charge in [-0.25, -0.2) is 0 Å². The van der Waals surface area contributed by atoms with Crippen LogP contribution >= 0.6 is 0 Å². The summed E-state index contributed by atoms with van der Waals surface area (Å²) < 4.78 is 0. The lowest BCUT2D eigenvalue weighted by Crippen LogP contribution is -2.44. The van der Waals surface area contributed by atoms with Gasteiger partial charge in [-0.2, -0.15) is 0 Å². The summed E-state index contributed by atoms with van der Waals surface area (Å²) in [6, 6.07) is 4.37. The van der Waals surface area contributed by atoms with E-state index >= 15 is 0 Å². The lowest BCUT2D eigenvalue weighted by Gasteiger charge is -2.37. The van der Waals surface area contributed by atoms with Gasteiger partial charge in [-0.05, 0) is 32.4 Å². The molecule has 0 fully saturated rings. The molecule has 1 heterocycles. The predicted molar refractivity (Wildman–Crippen MR) is 69.6 cm³/mol. The lowest BCUT2D eigenvalue weighted by atomic mass is 9.99. The fraction of sp³-hybridized carbons (Fsp3) is 0.615. The molecule has 0 aliphatic rings. The first-order valence-corrected chi connectivity index (χ1v) is 6.10. The van der Waals surface area contributed by atoms with Crippen LogP contribution in [0.1, 0.15) is 32.4 Å². The molecule has 0 radical (unpaired) electrons. The van der Waals surface area contributed by atoms with Crippen molar-refractivity contribution in [3.8, 4) is 0 Å². The Kier molecular flexibility index (Phi) is 5.55. The highest BCUT2D eigenvalue weighted by molar-refractivity contribution is 5.16. The van der Waals surface area contributed by atoms with E-state index in [9.17, 15) is 0 Å². The third-order valence-electron chi connectivity index (χ3n) is 2.90. The zero-order valence-corrected chi connectivity index (χ0v) is 10.9. The maximum absolute atomic E-state index is 9.17. The largest absolute Gasteiger partial charge is 0.395 e. The highest BCUT2D eigenvalue weighted by Gasteiger charge is 2.25. The molecule has 1 rings (SSSR count). The van der Waals surface area contributed by atoms with E-state index in [2.05, 4.69) is 23.7 Å². The highest BCUT2D eigenvalue weighted by Crippen LogP contribution is 2.24. The number of aromatic nitrogens is 1. The first-order valence-electron chi connectivity index (χ1n) is 6.10. The average Bonchev–Trinajstić information content (AvgIpc) is 2.29. The summed E-state index contributed by atoms with van der Waals surface area (Å²) >= 11 is 0. The van der Waals surface area contributed by atoms with E-state index in [-0.39, 0.29) is 18.7 Å². The first-order chi connectivity index (χ1) is 8.07. The molecule has 1 aromatic heterocycles. The van der Waals surface area contributed by atoms with Crippen LogP contribution < -0.4 is 5.73 Å². The molecule has 0 aliphatic heterocycles. The van der Waals surface area contributed by atoms with E-state index < -0.39 is 0 Å². The second-order valence-electron chi connectivity index (χ2n) is 4.65. The molecular formula is C13H23N3O. The fourth-order valence-corrected chi connectivity index (χ4v) is 2.18. The van der Waals surface area contributed by atoms with Crippen molar-refractivity contribution < 1.29 is 5.11 Å². The Morgan fingerprint density at radius 3 is 2.53 bits per heavy atom. The molecule has 96 valence electrons. The van der Waals surface area contributed by atoms with Gasteiger partial charge >= 0.3 is 0 Å². The van der Waals surface area contributed by atoms with Crippen LogP contribution in [0.2, 0.25) is 0 Å². The molecule has 2 atom stereocenters. The standard InChI is InChI=1S/C13H23N3O/c1-10(2)16(7-8-17)13(11(3)14)12-5-4-6-15-9-12/h4-6,9-11,13,17H,7-8,14H2,1-3H3. The van der Waals surface area contributed by atoms with Crippen molar-refractivity contribution in [2.45, 2.75) is 38.9 Å². The Bertz CT molecular complexity index is 314. The van der Waals surface area contributed by atoms with Crippen molar-refractivity contribution in [1.82, 2.24) is 9.88 Å². The van der Waals surface area contributed by atoms with Crippen molar-refractivity contribution >= 4 is 0 Å². The lowest BCUT2D eigenvalue weighted by molar-refractivity contribution is 0.105. The summed E-state index contributed by atoms with van der Waals surface area (Å²) in [5.41, 5.74) is 7.19. The number of nitrogens with zero attached hydrogens (tertiary/aromatic N) is 2. The third-order valence-corrected chi connectivity index (χ3v) is 2.90. The monoisotopic (exact) mass is 237 g/mol. The molecule has 0 saturated carbocycles. The molecule has 0 saturated heterocycles. The van der Waals surface area contributed by atoms with E-state index in [0.29, 0.717) is 12.6 Å². The molecule has 4 heteroatoms. The summed E-state index contributed by atoms with van der Waals surface area (Å²) in [7, 11) is 0. The minimum absolute atomic E-state index is 0.00634. The first kappa shape index (κ1) is 14.1. The van der Waals surface area contributed by atoms with Crippen molar-refractivity contribution in [2.24, 2.45) is 5.73 Å². The van der Waals surface area contributed by atoms with Gasteiger partial charge in [-0.15, -0.1) is 0 Å². The van der Waals surface area contributed by atoms with Crippen LogP contribution in [0.25, 0.3) is 0 Å². The van der Waals surface area contributed by atoms with Gasteiger partial charge in [0.15, 0.2) is 0 Å². The minimum atomic E-state index is -0.00634. The zero-order valence-electron chi connectivity index (χ0n) is 10.9. The van der Waals surface area contributed by atoms with E-state index in [1.165, 1.54) is 0 Å². The Labute approximate surface area is 103 Å². The van der Waals surface area contributed by atoms with Crippen molar-refractivity contribution in [3.63, 3.8) is 0 Å². The second kappa shape index (κ2) is 6.69. The second-order valence-corrected chi connectivity index (χ2v) is 4.65. The Morgan fingerprint density at radius 1 is 1.41 bits per heavy atom. The number of nitrogens with two attached hydrogens (primary N) is 1. The maximum atomic E-state index is 9.17. The van der Waals surface area contributed by atoms with Crippen LogP contribution in [0.15, 0.2) is 24.5 Å². The topological polar surface area (TPSA) is 62.4 Å². The predicted octanol–water partition coefficient (Wildman–Crippen LogP) is 1.17. The number of aliphatic hydroxyl groups excluding tert-OH is 1. The number of pyridine rings is 1. The van der Waals surface area contributed by atoms with Crippen LogP contribution in [0, 0.1) is 0 Å². The minimum Gasteiger partial charge on any atom is -0.395 e. The van der Waals surface area contributed by atoms with Gasteiger partial charge < -0.3 is 10.8 Å². The average molecular weight is 237 g/mol. The fourth-order valence-electron chi connectivity index (χ4n) is 2.18. The Hall–Kier alpha value is -0.970. The normalized spacial score (nSPS) is 15.2. The van der Waals surface area contributed by atoms with Crippen molar-refractivity contribution in [2.75, 3.05) is 13.2 Å². The maximum Gasteiger partial charge on any atom is 0.0558 e. The van der Waals surface area contributed by atoms with Gasteiger partial charge in [0.05, 0.1) is 12.6 Å². The Balaban J connectivity index is 2.98. The quantitative estimate of drug-likeness (QED) is 0.779.